The molecule has 0 bridgehead atoms. The summed E-state index contributed by atoms with van der Waals surface area (Å²) in [6.45, 7) is 12.1. The van der Waals surface area contributed by atoms with Crippen molar-refractivity contribution >= 4 is 27.6 Å². The van der Waals surface area contributed by atoms with Gasteiger partial charge in [0.25, 0.3) is 5.54 Å². The monoisotopic (exact) mass is 366 g/mol. The number of nitrogens with zero attached hydrogens (tertiary/aromatic N) is 5. The highest BCUT2D eigenvalue weighted by molar-refractivity contribution is 7.13. The van der Waals surface area contributed by atoms with E-state index >= 15 is 0 Å². The fraction of sp³-hybridized carbons (Fsp3) is 0.444. The van der Waals surface area contributed by atoms with Crippen molar-refractivity contribution in [1.29, 1.82) is 0 Å². The minimum absolute atomic E-state index is 0.256. The third-order valence-corrected chi connectivity index (χ3v) is 6.14. The van der Waals surface area contributed by atoms with Crippen LogP contribution in [-0.2, 0) is 10.3 Å². The lowest BCUT2D eigenvalue weighted by Crippen LogP contribution is -2.44. The number of rotatable bonds is 3. The summed E-state index contributed by atoms with van der Waals surface area (Å²) >= 11 is 1.43. The molecule has 0 unspecified atom stereocenters. The summed E-state index contributed by atoms with van der Waals surface area (Å²) in [5.41, 5.74) is 3.21. The van der Waals surface area contributed by atoms with E-state index < -0.39 is 5.54 Å². The van der Waals surface area contributed by atoms with Gasteiger partial charge in [0.1, 0.15) is 17.0 Å². The first kappa shape index (κ1) is 15.7. The summed E-state index contributed by atoms with van der Waals surface area (Å²) < 4.78 is 11.2. The molecule has 3 aromatic rings. The van der Waals surface area contributed by atoms with E-state index in [9.17, 15) is 0 Å². The molecule has 1 saturated heterocycles. The Labute approximate surface area is 155 Å². The van der Waals surface area contributed by atoms with Gasteiger partial charge in [0.2, 0.25) is 0 Å². The number of ether oxygens (including phenoxy) is 1. The topological polar surface area (TPSA) is 71.3 Å². The molecule has 1 atom stereocenters. The number of hydrogen-bond acceptors (Lipinski definition) is 6. The molecule has 8 heteroatoms. The standard InChI is InChI=1S/C18H18N6OS/c1-11-10-25-8-7-24(11)14-9-12(18(19-2)4-5-18)17-16(21-14)15(23-26-17)13-3-6-20-22-13/h3,6,9,11H,4-5,7-8,10H2,1H3,(H,20,22)/t11-/m1/s1. The number of aromatic nitrogens is 4. The van der Waals surface area contributed by atoms with Crippen molar-refractivity contribution in [3.8, 4) is 11.4 Å². The maximum Gasteiger partial charge on any atom is 0.259 e. The number of morpholine rings is 1. The van der Waals surface area contributed by atoms with Crippen molar-refractivity contribution in [2.45, 2.75) is 31.3 Å². The van der Waals surface area contributed by atoms with Crippen LogP contribution in [0.3, 0.4) is 0 Å². The molecule has 3 aromatic heterocycles. The van der Waals surface area contributed by atoms with Crippen LogP contribution in [0.2, 0.25) is 0 Å². The Morgan fingerprint density at radius 3 is 3.04 bits per heavy atom. The molecular weight excluding hydrogens is 348 g/mol. The number of nitrogens with one attached hydrogen (secondary N) is 1. The summed E-state index contributed by atoms with van der Waals surface area (Å²) in [4.78, 5) is 11.2. The normalized spacial score (nSPS) is 21.7. The average Bonchev–Trinajstić information content (AvgIpc) is 3.06. The lowest BCUT2D eigenvalue weighted by molar-refractivity contribution is 0.0985. The van der Waals surface area contributed by atoms with Crippen molar-refractivity contribution in [2.24, 2.45) is 0 Å². The molecule has 7 nitrogen and oxygen atoms in total. The Kier molecular flexibility index (Phi) is 3.48. The SMILES string of the molecule is [C-]#[N+]C1(c2cc(N3CCOC[C@H]3C)nc3c(-c4ccn[nH]4)nsc23)CC1. The number of hydrogen-bond donors (Lipinski definition) is 1. The summed E-state index contributed by atoms with van der Waals surface area (Å²) in [6, 6.07) is 4.28. The molecule has 1 saturated carbocycles. The molecule has 1 aliphatic heterocycles. The van der Waals surface area contributed by atoms with Crippen molar-refractivity contribution in [1.82, 2.24) is 19.6 Å². The van der Waals surface area contributed by atoms with Crippen LogP contribution >= 0.6 is 11.5 Å². The summed E-state index contributed by atoms with van der Waals surface area (Å²) in [5.74, 6) is 0.916. The van der Waals surface area contributed by atoms with Crippen LogP contribution in [-0.4, -0.2) is 45.4 Å². The van der Waals surface area contributed by atoms with Gasteiger partial charge in [-0.1, -0.05) is 0 Å². The number of aromatic amines is 1. The third-order valence-electron chi connectivity index (χ3n) is 5.27. The number of anilines is 1. The van der Waals surface area contributed by atoms with Crippen molar-refractivity contribution in [2.75, 3.05) is 24.7 Å². The van der Waals surface area contributed by atoms with Gasteiger partial charge in [0.15, 0.2) is 0 Å². The first-order valence-corrected chi connectivity index (χ1v) is 9.53. The van der Waals surface area contributed by atoms with E-state index in [1.807, 2.05) is 6.07 Å². The van der Waals surface area contributed by atoms with E-state index in [1.54, 1.807) is 6.20 Å². The van der Waals surface area contributed by atoms with E-state index in [0.29, 0.717) is 13.2 Å². The van der Waals surface area contributed by atoms with Gasteiger partial charge in [-0.3, -0.25) is 5.10 Å². The van der Waals surface area contributed by atoms with E-state index in [2.05, 4.69) is 37.3 Å². The first-order valence-electron chi connectivity index (χ1n) is 8.75. The molecular formula is C18H18N6OS. The molecule has 2 fully saturated rings. The van der Waals surface area contributed by atoms with Gasteiger partial charge in [0, 0.05) is 25.6 Å². The second-order valence-electron chi connectivity index (χ2n) is 6.97. The molecule has 0 amide bonds. The largest absolute Gasteiger partial charge is 0.377 e. The first-order chi connectivity index (χ1) is 12.7. The van der Waals surface area contributed by atoms with Crippen LogP contribution in [0.15, 0.2) is 18.3 Å². The molecule has 5 rings (SSSR count). The lowest BCUT2D eigenvalue weighted by Gasteiger charge is -2.34. The van der Waals surface area contributed by atoms with E-state index in [0.717, 1.165) is 52.4 Å². The fourth-order valence-corrected chi connectivity index (χ4v) is 4.54. The molecule has 132 valence electrons. The maximum atomic E-state index is 7.72. The van der Waals surface area contributed by atoms with Gasteiger partial charge in [-0.2, -0.15) is 9.47 Å². The Bertz CT molecular complexity index is 1000. The maximum absolute atomic E-state index is 7.72. The lowest BCUT2D eigenvalue weighted by atomic mass is 10.0. The minimum atomic E-state index is -0.400. The molecule has 26 heavy (non-hydrogen) atoms. The smallest absolute Gasteiger partial charge is 0.259 e. The molecule has 2 aliphatic rings. The van der Waals surface area contributed by atoms with Crippen LogP contribution in [0.4, 0.5) is 5.82 Å². The Balaban J connectivity index is 1.73. The minimum Gasteiger partial charge on any atom is -0.377 e. The van der Waals surface area contributed by atoms with Crippen LogP contribution in [0.5, 0.6) is 0 Å². The number of H-pyrrole nitrogens is 1. The van der Waals surface area contributed by atoms with E-state index in [1.165, 1.54) is 11.5 Å². The van der Waals surface area contributed by atoms with Crippen LogP contribution in [0.25, 0.3) is 26.4 Å². The zero-order valence-corrected chi connectivity index (χ0v) is 15.2. The summed E-state index contributed by atoms with van der Waals surface area (Å²) in [6.07, 6.45) is 3.53. The van der Waals surface area contributed by atoms with E-state index in [4.69, 9.17) is 16.3 Å². The second kappa shape index (κ2) is 5.76. The molecule has 1 N–H and O–H groups in total. The Morgan fingerprint density at radius 2 is 2.35 bits per heavy atom. The predicted molar refractivity (Wildman–Crippen MR) is 100 cm³/mol. The van der Waals surface area contributed by atoms with Crippen LogP contribution in [0.1, 0.15) is 25.3 Å². The summed E-state index contributed by atoms with van der Waals surface area (Å²) in [5, 5.41) is 7.03. The molecule has 1 aliphatic carbocycles. The van der Waals surface area contributed by atoms with Gasteiger partial charge in [-0.15, -0.1) is 0 Å². The molecule has 4 heterocycles. The van der Waals surface area contributed by atoms with E-state index in [-0.39, 0.29) is 6.04 Å². The highest BCUT2D eigenvalue weighted by Crippen LogP contribution is 2.53. The quantitative estimate of drug-likeness (QED) is 0.721. The number of fused-ring (bicyclic) bond motifs is 1. The fourth-order valence-electron chi connectivity index (χ4n) is 3.59. The summed E-state index contributed by atoms with van der Waals surface area (Å²) in [7, 11) is 0. The van der Waals surface area contributed by atoms with Gasteiger partial charge in [-0.05, 0) is 30.6 Å². The molecule has 0 aromatic carbocycles. The van der Waals surface area contributed by atoms with Crippen molar-refractivity contribution in [3.63, 3.8) is 0 Å². The van der Waals surface area contributed by atoms with Gasteiger partial charge in [-0.25, -0.2) is 11.6 Å². The number of pyridine rings is 1. The average molecular weight is 366 g/mol. The van der Waals surface area contributed by atoms with Crippen LogP contribution in [0, 0.1) is 6.57 Å². The molecule has 0 radical (unpaired) electrons. The second-order valence-corrected chi connectivity index (χ2v) is 7.74. The Morgan fingerprint density at radius 1 is 1.46 bits per heavy atom. The highest BCUT2D eigenvalue weighted by Gasteiger charge is 2.54. The van der Waals surface area contributed by atoms with Crippen LogP contribution < -0.4 is 4.90 Å². The van der Waals surface area contributed by atoms with Crippen molar-refractivity contribution in [3.05, 3.63) is 35.3 Å². The van der Waals surface area contributed by atoms with Gasteiger partial charge >= 0.3 is 0 Å². The zero-order valence-electron chi connectivity index (χ0n) is 14.4. The molecule has 0 spiro atoms. The highest BCUT2D eigenvalue weighted by atomic mass is 32.1. The Hall–Kier alpha value is -2.50. The predicted octanol–water partition coefficient (Wildman–Crippen LogP) is 3.21. The van der Waals surface area contributed by atoms with Gasteiger partial charge < -0.3 is 14.5 Å². The zero-order chi connectivity index (χ0) is 17.7. The van der Waals surface area contributed by atoms with Crippen molar-refractivity contribution < 1.29 is 4.74 Å². The third kappa shape index (κ3) is 2.31. The van der Waals surface area contributed by atoms with Gasteiger partial charge in [0.05, 0.1) is 35.2 Å².